The zero-order valence-corrected chi connectivity index (χ0v) is 20.0. The Hall–Kier alpha value is -3.30. The lowest BCUT2D eigenvalue weighted by molar-refractivity contribution is -0.115. The average molecular weight is 484 g/mol. The summed E-state index contributed by atoms with van der Waals surface area (Å²) >= 11 is 2.85. The van der Waals surface area contributed by atoms with Gasteiger partial charge in [-0.3, -0.25) is 9.69 Å². The van der Waals surface area contributed by atoms with E-state index in [-0.39, 0.29) is 18.2 Å². The lowest BCUT2D eigenvalue weighted by Gasteiger charge is -2.18. The first-order chi connectivity index (χ1) is 15.8. The number of hydrogen-bond acceptors (Lipinski definition) is 6. The van der Waals surface area contributed by atoms with Crippen LogP contribution in [0.2, 0.25) is 0 Å². The Morgan fingerprint density at radius 1 is 1.15 bits per heavy atom. The van der Waals surface area contributed by atoms with Crippen molar-refractivity contribution in [3.8, 4) is 0 Å². The standard InChI is InChI=1S/C24H22FN3O3S2/c1-15-11-20(16(2)27(15)12-19-7-6-10-32-19)23(30)31-13-18-14-33-24(26-18)28(17(3)29)22-9-5-4-8-21(22)25/h4-11,14H,12-13H2,1-3H3. The fraction of sp³-hybridized carbons (Fsp3) is 0.208. The molecule has 1 amide bonds. The summed E-state index contributed by atoms with van der Waals surface area (Å²) in [5, 5.41) is 4.03. The molecule has 0 aliphatic carbocycles. The zero-order valence-electron chi connectivity index (χ0n) is 18.4. The summed E-state index contributed by atoms with van der Waals surface area (Å²) in [6.07, 6.45) is 0. The van der Waals surface area contributed by atoms with Crippen LogP contribution in [0.3, 0.4) is 0 Å². The molecule has 0 N–H and O–H groups in total. The van der Waals surface area contributed by atoms with Gasteiger partial charge in [-0.15, -0.1) is 22.7 Å². The summed E-state index contributed by atoms with van der Waals surface area (Å²) in [7, 11) is 0. The molecule has 0 saturated heterocycles. The molecule has 3 aromatic heterocycles. The van der Waals surface area contributed by atoms with Gasteiger partial charge in [-0.25, -0.2) is 14.2 Å². The van der Waals surface area contributed by atoms with Crippen LogP contribution in [0.5, 0.6) is 0 Å². The number of thiophene rings is 1. The first-order valence-electron chi connectivity index (χ1n) is 10.2. The van der Waals surface area contributed by atoms with E-state index >= 15 is 0 Å². The van der Waals surface area contributed by atoms with Gasteiger partial charge in [0.2, 0.25) is 5.91 Å². The normalized spacial score (nSPS) is 10.9. The number of nitrogens with zero attached hydrogens (tertiary/aromatic N) is 3. The maximum Gasteiger partial charge on any atom is 0.340 e. The molecule has 3 heterocycles. The molecule has 9 heteroatoms. The number of para-hydroxylation sites is 1. The predicted octanol–water partition coefficient (Wildman–Crippen LogP) is 5.85. The van der Waals surface area contributed by atoms with E-state index in [1.165, 1.54) is 40.2 Å². The summed E-state index contributed by atoms with van der Waals surface area (Å²) in [6.45, 7) is 5.86. The molecule has 4 aromatic rings. The number of benzene rings is 1. The molecule has 0 bridgehead atoms. The van der Waals surface area contributed by atoms with Gasteiger partial charge in [0.1, 0.15) is 12.4 Å². The summed E-state index contributed by atoms with van der Waals surface area (Å²) in [4.78, 5) is 31.7. The van der Waals surface area contributed by atoms with Crippen LogP contribution in [-0.2, 0) is 22.7 Å². The highest BCUT2D eigenvalue weighted by Crippen LogP contribution is 2.31. The van der Waals surface area contributed by atoms with Crippen LogP contribution in [0.4, 0.5) is 15.2 Å². The van der Waals surface area contributed by atoms with E-state index in [1.807, 2.05) is 31.4 Å². The number of esters is 1. The average Bonchev–Trinajstić information content (AvgIpc) is 3.52. The van der Waals surface area contributed by atoms with Gasteiger partial charge in [0.15, 0.2) is 5.13 Å². The van der Waals surface area contributed by atoms with Crippen LogP contribution in [0, 0.1) is 19.7 Å². The van der Waals surface area contributed by atoms with Crippen molar-refractivity contribution < 1.29 is 18.7 Å². The Bertz CT molecular complexity index is 1290. The highest BCUT2D eigenvalue weighted by molar-refractivity contribution is 7.14. The Balaban J connectivity index is 1.47. The minimum absolute atomic E-state index is 0.0487. The van der Waals surface area contributed by atoms with E-state index in [9.17, 15) is 14.0 Å². The van der Waals surface area contributed by atoms with Gasteiger partial charge in [-0.1, -0.05) is 18.2 Å². The van der Waals surface area contributed by atoms with E-state index in [2.05, 4.69) is 15.6 Å². The molecule has 0 aliphatic heterocycles. The lowest BCUT2D eigenvalue weighted by atomic mass is 10.2. The number of hydrogen-bond donors (Lipinski definition) is 0. The van der Waals surface area contributed by atoms with Crippen LogP contribution >= 0.6 is 22.7 Å². The number of halogens is 1. The topological polar surface area (TPSA) is 64.4 Å². The number of ether oxygens (including phenoxy) is 1. The van der Waals surface area contributed by atoms with E-state index in [4.69, 9.17) is 4.74 Å². The zero-order chi connectivity index (χ0) is 23.5. The van der Waals surface area contributed by atoms with Crippen LogP contribution in [-0.4, -0.2) is 21.4 Å². The number of aromatic nitrogens is 2. The third kappa shape index (κ3) is 4.89. The molecule has 0 unspecified atom stereocenters. The van der Waals surface area contributed by atoms with Crippen LogP contribution in [0.25, 0.3) is 0 Å². The number of aryl methyl sites for hydroxylation is 1. The number of carbonyl (C=O) groups is 2. The Labute approximate surface area is 198 Å². The first kappa shape index (κ1) is 22.9. The summed E-state index contributed by atoms with van der Waals surface area (Å²) in [5.41, 5.74) is 2.94. The van der Waals surface area contributed by atoms with Gasteiger partial charge in [0.25, 0.3) is 0 Å². The Kier molecular flexibility index (Phi) is 6.71. The van der Waals surface area contributed by atoms with Gasteiger partial charge >= 0.3 is 5.97 Å². The van der Waals surface area contributed by atoms with Crippen LogP contribution < -0.4 is 4.90 Å². The van der Waals surface area contributed by atoms with Gasteiger partial charge in [-0.05, 0) is 43.5 Å². The Morgan fingerprint density at radius 3 is 2.64 bits per heavy atom. The molecule has 33 heavy (non-hydrogen) atoms. The lowest BCUT2D eigenvalue weighted by Crippen LogP contribution is -2.23. The smallest absolute Gasteiger partial charge is 0.340 e. The molecule has 0 aliphatic rings. The Morgan fingerprint density at radius 2 is 1.94 bits per heavy atom. The maximum absolute atomic E-state index is 14.2. The molecule has 0 atom stereocenters. The molecule has 1 aromatic carbocycles. The van der Waals surface area contributed by atoms with Crippen molar-refractivity contribution >= 4 is 45.4 Å². The fourth-order valence-corrected chi connectivity index (χ4v) is 5.09. The minimum Gasteiger partial charge on any atom is -0.455 e. The van der Waals surface area contributed by atoms with Crippen LogP contribution in [0.1, 0.15) is 39.2 Å². The largest absolute Gasteiger partial charge is 0.455 e. The van der Waals surface area contributed by atoms with Gasteiger partial charge in [-0.2, -0.15) is 0 Å². The minimum atomic E-state index is -0.520. The van der Waals surface area contributed by atoms with E-state index in [1.54, 1.807) is 28.8 Å². The molecule has 0 saturated carbocycles. The molecule has 4 rings (SSSR count). The summed E-state index contributed by atoms with van der Waals surface area (Å²) in [5.74, 6) is -1.32. The second-order valence-corrected chi connectivity index (χ2v) is 9.32. The second kappa shape index (κ2) is 9.68. The van der Waals surface area contributed by atoms with Crippen molar-refractivity contribution in [3.63, 3.8) is 0 Å². The molecular weight excluding hydrogens is 461 g/mol. The highest BCUT2D eigenvalue weighted by Gasteiger charge is 2.22. The van der Waals surface area contributed by atoms with Gasteiger partial charge in [0.05, 0.1) is 23.5 Å². The fourth-order valence-electron chi connectivity index (χ4n) is 3.53. The number of anilines is 2. The van der Waals surface area contributed by atoms with Crippen molar-refractivity contribution in [1.29, 1.82) is 0 Å². The van der Waals surface area contributed by atoms with E-state index in [0.29, 0.717) is 22.9 Å². The molecule has 0 fully saturated rings. The monoisotopic (exact) mass is 483 g/mol. The van der Waals surface area contributed by atoms with Gasteiger partial charge in [0, 0.05) is 28.6 Å². The van der Waals surface area contributed by atoms with E-state index in [0.717, 1.165) is 11.4 Å². The maximum atomic E-state index is 14.2. The predicted molar refractivity (Wildman–Crippen MR) is 128 cm³/mol. The van der Waals surface area contributed by atoms with Crippen molar-refractivity contribution in [2.24, 2.45) is 0 Å². The SMILES string of the molecule is CC(=O)N(c1nc(COC(=O)c2cc(C)n(Cc3cccs3)c2C)cs1)c1ccccc1F. The third-order valence-electron chi connectivity index (χ3n) is 5.18. The number of thiazole rings is 1. The second-order valence-electron chi connectivity index (χ2n) is 7.45. The van der Waals surface area contributed by atoms with E-state index < -0.39 is 11.8 Å². The molecule has 0 radical (unpaired) electrons. The van der Waals surface area contributed by atoms with Gasteiger partial charge < -0.3 is 9.30 Å². The van der Waals surface area contributed by atoms with Crippen molar-refractivity contribution in [2.45, 2.75) is 33.9 Å². The highest BCUT2D eigenvalue weighted by atomic mass is 32.1. The quantitative estimate of drug-likeness (QED) is 0.309. The van der Waals surface area contributed by atoms with Crippen molar-refractivity contribution in [1.82, 2.24) is 9.55 Å². The summed E-state index contributed by atoms with van der Waals surface area (Å²) in [6, 6.07) is 11.9. The number of rotatable bonds is 7. The molecule has 6 nitrogen and oxygen atoms in total. The van der Waals surface area contributed by atoms with Crippen LogP contribution in [0.15, 0.2) is 53.2 Å². The number of amides is 1. The third-order valence-corrected chi connectivity index (χ3v) is 6.91. The molecule has 0 spiro atoms. The first-order valence-corrected chi connectivity index (χ1v) is 12.0. The summed E-state index contributed by atoms with van der Waals surface area (Å²) < 4.78 is 21.8. The molecular formula is C24H22FN3O3S2. The van der Waals surface area contributed by atoms with Crippen molar-refractivity contribution in [2.75, 3.05) is 4.90 Å². The number of carbonyl (C=O) groups excluding carboxylic acids is 2. The van der Waals surface area contributed by atoms with Crippen molar-refractivity contribution in [3.05, 3.63) is 86.6 Å². The molecule has 170 valence electrons.